The predicted octanol–water partition coefficient (Wildman–Crippen LogP) is -0.592. The Bertz CT molecular complexity index is 193. The van der Waals surface area contributed by atoms with E-state index in [2.05, 4.69) is 15.4 Å². The van der Waals surface area contributed by atoms with Crippen molar-refractivity contribution in [1.82, 2.24) is 15.4 Å². The van der Waals surface area contributed by atoms with E-state index in [1.54, 1.807) is 5.43 Å². The number of aromatic amines is 1. The Morgan fingerprint density at radius 3 is 3.11 bits per heavy atom. The van der Waals surface area contributed by atoms with Gasteiger partial charge in [-0.25, -0.2) is 10.1 Å². The van der Waals surface area contributed by atoms with Crippen molar-refractivity contribution in [2.24, 2.45) is 0 Å². The van der Waals surface area contributed by atoms with Crippen LogP contribution in [0, 0.1) is 10.1 Å². The lowest BCUT2D eigenvalue weighted by atomic mass is 10.8. The standard InChI is InChI=1S/C2H3N5O2/c8-7(9)5-2-1-3-6-4-2/h1H,(H2,3,4,5,6). The fourth-order valence-electron chi connectivity index (χ4n) is 0.349. The molecule has 0 spiro atoms. The van der Waals surface area contributed by atoms with E-state index in [9.17, 15) is 10.1 Å². The Kier molecular flexibility index (Phi) is 1.26. The summed E-state index contributed by atoms with van der Waals surface area (Å²) >= 11 is 0. The molecule has 7 heteroatoms. The molecule has 1 heterocycles. The molecule has 0 bridgehead atoms. The minimum atomic E-state index is -0.710. The van der Waals surface area contributed by atoms with Crippen LogP contribution in [0.5, 0.6) is 0 Å². The molecule has 0 amide bonds. The van der Waals surface area contributed by atoms with Gasteiger partial charge in [-0.3, -0.25) is 0 Å². The van der Waals surface area contributed by atoms with Gasteiger partial charge in [-0.05, 0) is 0 Å². The first-order valence-electron chi connectivity index (χ1n) is 2.06. The van der Waals surface area contributed by atoms with E-state index >= 15 is 0 Å². The van der Waals surface area contributed by atoms with Gasteiger partial charge in [-0.1, -0.05) is 5.43 Å². The molecule has 0 aliphatic rings. The van der Waals surface area contributed by atoms with Crippen LogP contribution in [0.2, 0.25) is 0 Å². The Labute approximate surface area is 49.2 Å². The zero-order valence-electron chi connectivity index (χ0n) is 4.24. The minimum absolute atomic E-state index is 0.0972. The highest BCUT2D eigenvalue weighted by Crippen LogP contribution is 1.92. The van der Waals surface area contributed by atoms with Crippen LogP contribution < -0.4 is 5.43 Å². The number of aromatic nitrogens is 3. The van der Waals surface area contributed by atoms with Gasteiger partial charge in [0.05, 0.1) is 6.20 Å². The SMILES string of the molecule is O=[N+]([O-])Nc1cn[nH]n1. The zero-order valence-corrected chi connectivity index (χ0v) is 4.24. The number of H-pyrrole nitrogens is 1. The number of nitrogens with one attached hydrogen (secondary N) is 2. The third-order valence-electron chi connectivity index (χ3n) is 0.621. The number of hydrogen-bond acceptors (Lipinski definition) is 4. The smallest absolute Gasteiger partial charge is 0.231 e. The summed E-state index contributed by atoms with van der Waals surface area (Å²) in [6, 6.07) is 0. The van der Waals surface area contributed by atoms with Crippen molar-refractivity contribution in [1.29, 1.82) is 0 Å². The van der Waals surface area contributed by atoms with Crippen LogP contribution in [-0.4, -0.2) is 20.4 Å². The van der Waals surface area contributed by atoms with E-state index in [1.165, 1.54) is 6.20 Å². The molecule has 0 saturated heterocycles. The third kappa shape index (κ3) is 1.37. The van der Waals surface area contributed by atoms with Gasteiger partial charge in [0.1, 0.15) is 0 Å². The molecule has 0 atom stereocenters. The first-order valence-corrected chi connectivity index (χ1v) is 2.06. The molecule has 0 saturated carbocycles. The number of rotatable bonds is 2. The van der Waals surface area contributed by atoms with Crippen LogP contribution in [0.3, 0.4) is 0 Å². The molecule has 1 rings (SSSR count). The van der Waals surface area contributed by atoms with E-state index in [0.717, 1.165) is 0 Å². The molecule has 0 aliphatic heterocycles. The van der Waals surface area contributed by atoms with Gasteiger partial charge in [-0.15, -0.1) is 5.10 Å². The Hall–Kier alpha value is -1.66. The number of nitrogens with zero attached hydrogens (tertiary/aromatic N) is 3. The van der Waals surface area contributed by atoms with E-state index in [0.29, 0.717) is 0 Å². The van der Waals surface area contributed by atoms with Crippen molar-refractivity contribution in [2.45, 2.75) is 0 Å². The van der Waals surface area contributed by atoms with Crippen LogP contribution in [0.15, 0.2) is 6.20 Å². The Balaban J connectivity index is 2.58. The lowest BCUT2D eigenvalue weighted by Gasteiger charge is -1.84. The van der Waals surface area contributed by atoms with Gasteiger partial charge < -0.3 is 0 Å². The molecule has 0 aliphatic carbocycles. The van der Waals surface area contributed by atoms with Crippen molar-refractivity contribution in [3.05, 3.63) is 16.3 Å². The van der Waals surface area contributed by atoms with Gasteiger partial charge >= 0.3 is 0 Å². The largest absolute Gasteiger partial charge is 0.234 e. The minimum Gasteiger partial charge on any atom is -0.234 e. The summed E-state index contributed by atoms with van der Waals surface area (Å²) in [5.74, 6) is 0.0972. The maximum atomic E-state index is 9.68. The highest BCUT2D eigenvalue weighted by atomic mass is 16.7. The summed E-state index contributed by atoms with van der Waals surface area (Å²) in [6.07, 6.45) is 1.21. The van der Waals surface area contributed by atoms with Gasteiger partial charge in [0, 0.05) is 0 Å². The van der Waals surface area contributed by atoms with Crippen molar-refractivity contribution >= 4 is 5.82 Å². The van der Waals surface area contributed by atoms with Crippen molar-refractivity contribution in [3.8, 4) is 0 Å². The number of hydrazine groups is 1. The molecular formula is C2H3N5O2. The van der Waals surface area contributed by atoms with Crippen LogP contribution in [0.1, 0.15) is 0 Å². The van der Waals surface area contributed by atoms with E-state index in [1.807, 2.05) is 0 Å². The second kappa shape index (κ2) is 2.07. The van der Waals surface area contributed by atoms with Crippen LogP contribution in [0.25, 0.3) is 0 Å². The van der Waals surface area contributed by atoms with Crippen molar-refractivity contribution in [2.75, 3.05) is 5.43 Å². The summed E-state index contributed by atoms with van der Waals surface area (Å²) in [6.45, 7) is 0. The summed E-state index contributed by atoms with van der Waals surface area (Å²) in [7, 11) is 0. The average Bonchev–Trinajstić information content (AvgIpc) is 2.15. The fraction of sp³-hybridized carbons (Fsp3) is 0. The molecule has 7 nitrogen and oxygen atoms in total. The quantitative estimate of drug-likeness (QED) is 0.410. The molecule has 0 fully saturated rings. The maximum absolute atomic E-state index is 9.68. The topological polar surface area (TPSA) is 96.7 Å². The van der Waals surface area contributed by atoms with Gasteiger partial charge in [0.2, 0.25) is 5.82 Å². The molecule has 0 radical (unpaired) electrons. The normalized spacial score (nSPS) is 8.89. The summed E-state index contributed by atoms with van der Waals surface area (Å²) < 4.78 is 0. The Morgan fingerprint density at radius 1 is 1.89 bits per heavy atom. The second-order valence-corrected chi connectivity index (χ2v) is 1.22. The van der Waals surface area contributed by atoms with E-state index in [4.69, 9.17) is 0 Å². The monoisotopic (exact) mass is 129 g/mol. The number of anilines is 1. The van der Waals surface area contributed by atoms with Gasteiger partial charge in [-0.2, -0.15) is 10.3 Å². The van der Waals surface area contributed by atoms with Crippen LogP contribution >= 0.6 is 0 Å². The Morgan fingerprint density at radius 2 is 2.67 bits per heavy atom. The first-order chi connectivity index (χ1) is 4.29. The molecule has 9 heavy (non-hydrogen) atoms. The number of hydrogen-bond donors (Lipinski definition) is 2. The highest BCUT2D eigenvalue weighted by Gasteiger charge is 1.98. The summed E-state index contributed by atoms with van der Waals surface area (Å²) in [5, 5.41) is 17.9. The molecule has 1 aromatic rings. The van der Waals surface area contributed by atoms with E-state index < -0.39 is 5.03 Å². The summed E-state index contributed by atoms with van der Waals surface area (Å²) in [5.41, 5.74) is 1.80. The van der Waals surface area contributed by atoms with Crippen LogP contribution in [-0.2, 0) is 0 Å². The predicted molar refractivity (Wildman–Crippen MR) is 27.0 cm³/mol. The highest BCUT2D eigenvalue weighted by molar-refractivity contribution is 5.23. The lowest BCUT2D eigenvalue weighted by molar-refractivity contribution is -0.445. The third-order valence-corrected chi connectivity index (χ3v) is 0.621. The summed E-state index contributed by atoms with van der Waals surface area (Å²) in [4.78, 5) is 9.68. The average molecular weight is 129 g/mol. The molecular weight excluding hydrogens is 126 g/mol. The molecule has 0 aromatic carbocycles. The zero-order chi connectivity index (χ0) is 6.69. The van der Waals surface area contributed by atoms with Gasteiger partial charge in [0.25, 0.3) is 0 Å². The second-order valence-electron chi connectivity index (χ2n) is 1.22. The van der Waals surface area contributed by atoms with E-state index in [-0.39, 0.29) is 5.82 Å². The van der Waals surface area contributed by atoms with Crippen molar-refractivity contribution in [3.63, 3.8) is 0 Å². The van der Waals surface area contributed by atoms with Gasteiger partial charge in [0.15, 0.2) is 5.03 Å². The molecule has 1 aromatic heterocycles. The molecule has 0 unspecified atom stereocenters. The number of nitro groups is 1. The van der Waals surface area contributed by atoms with Crippen LogP contribution in [0.4, 0.5) is 5.82 Å². The molecule has 48 valence electrons. The lowest BCUT2D eigenvalue weighted by Crippen LogP contribution is -2.07. The van der Waals surface area contributed by atoms with Crippen molar-refractivity contribution < 1.29 is 5.03 Å². The molecule has 2 N–H and O–H groups in total. The fourth-order valence-corrected chi connectivity index (χ4v) is 0.349. The maximum Gasteiger partial charge on any atom is 0.231 e. The first kappa shape index (κ1) is 5.48.